The van der Waals surface area contributed by atoms with Crippen molar-refractivity contribution in [1.82, 2.24) is 0 Å². The van der Waals surface area contributed by atoms with Crippen LogP contribution < -0.4 is 20.1 Å². The third-order valence-electron chi connectivity index (χ3n) is 4.37. The van der Waals surface area contributed by atoms with Crippen LogP contribution in [-0.4, -0.2) is 19.6 Å². The predicted molar refractivity (Wildman–Crippen MR) is 127 cm³/mol. The van der Waals surface area contributed by atoms with Crippen molar-refractivity contribution in [2.45, 2.75) is 13.5 Å². The summed E-state index contributed by atoms with van der Waals surface area (Å²) in [5, 5.41) is 6.22. The molecule has 30 heavy (non-hydrogen) atoms. The fraction of sp³-hybridized carbons (Fsp3) is 0.174. The fourth-order valence-electron chi connectivity index (χ4n) is 2.89. The standard InChI is InChI=1S/C23H22Br2N2O3/c1-15-10-17(24)8-9-20(15)26-13-16-11-19(25)23(21(12-16)29-2)30-14-22(28)27-18-6-4-3-5-7-18/h3-12,26H,13-14H2,1-2H3,(H,27,28). The third kappa shape index (κ3) is 6.00. The van der Waals surface area contributed by atoms with Gasteiger partial charge in [-0.3, -0.25) is 4.79 Å². The molecule has 2 N–H and O–H groups in total. The summed E-state index contributed by atoms with van der Waals surface area (Å²) < 4.78 is 13.0. The quantitative estimate of drug-likeness (QED) is 0.364. The van der Waals surface area contributed by atoms with E-state index in [1.54, 1.807) is 7.11 Å². The molecule has 0 heterocycles. The number of hydrogen-bond acceptors (Lipinski definition) is 4. The number of rotatable bonds is 8. The molecule has 3 aromatic carbocycles. The molecule has 0 saturated heterocycles. The average molecular weight is 534 g/mol. The van der Waals surface area contributed by atoms with E-state index in [0.29, 0.717) is 18.0 Å². The van der Waals surface area contributed by atoms with Crippen molar-refractivity contribution in [1.29, 1.82) is 0 Å². The highest BCUT2D eigenvalue weighted by Gasteiger charge is 2.14. The topological polar surface area (TPSA) is 59.6 Å². The van der Waals surface area contributed by atoms with Gasteiger partial charge >= 0.3 is 0 Å². The predicted octanol–water partition coefficient (Wildman–Crippen LogP) is 6.16. The first kappa shape index (κ1) is 22.2. The number of para-hydroxylation sites is 1. The zero-order valence-corrected chi connectivity index (χ0v) is 19.8. The highest BCUT2D eigenvalue weighted by Crippen LogP contribution is 2.37. The Kier molecular flexibility index (Phi) is 7.76. The molecule has 156 valence electrons. The minimum atomic E-state index is -0.244. The number of carbonyl (C=O) groups excluding carboxylic acids is 1. The smallest absolute Gasteiger partial charge is 0.262 e. The van der Waals surface area contributed by atoms with Gasteiger partial charge in [-0.05, 0) is 76.4 Å². The van der Waals surface area contributed by atoms with Crippen molar-refractivity contribution >= 4 is 49.1 Å². The zero-order chi connectivity index (χ0) is 21.5. The number of halogens is 2. The Hall–Kier alpha value is -2.51. The SMILES string of the molecule is COc1cc(CNc2ccc(Br)cc2C)cc(Br)c1OCC(=O)Nc1ccccc1. The molecule has 5 nitrogen and oxygen atoms in total. The molecule has 0 aliphatic rings. The van der Waals surface area contributed by atoms with Gasteiger partial charge in [-0.25, -0.2) is 0 Å². The molecule has 0 aliphatic carbocycles. The van der Waals surface area contributed by atoms with Gasteiger partial charge in [0.2, 0.25) is 0 Å². The Labute approximate surface area is 193 Å². The number of ether oxygens (including phenoxy) is 2. The molecular weight excluding hydrogens is 512 g/mol. The zero-order valence-electron chi connectivity index (χ0n) is 16.7. The van der Waals surface area contributed by atoms with Gasteiger partial charge in [-0.2, -0.15) is 0 Å². The second-order valence-electron chi connectivity index (χ2n) is 6.62. The summed E-state index contributed by atoms with van der Waals surface area (Å²) in [5.41, 5.74) is 3.95. The van der Waals surface area contributed by atoms with Gasteiger partial charge in [0.1, 0.15) is 0 Å². The molecule has 0 saturated carbocycles. The van der Waals surface area contributed by atoms with E-state index in [2.05, 4.69) is 55.5 Å². The average Bonchev–Trinajstić information content (AvgIpc) is 2.72. The number of amides is 1. The second-order valence-corrected chi connectivity index (χ2v) is 8.39. The van der Waals surface area contributed by atoms with Crippen LogP contribution in [0.2, 0.25) is 0 Å². The largest absolute Gasteiger partial charge is 0.493 e. The van der Waals surface area contributed by atoms with Gasteiger partial charge < -0.3 is 20.1 Å². The summed E-state index contributed by atoms with van der Waals surface area (Å²) in [4.78, 5) is 12.2. The van der Waals surface area contributed by atoms with Gasteiger partial charge in [-0.15, -0.1) is 0 Å². The number of benzene rings is 3. The van der Waals surface area contributed by atoms with E-state index >= 15 is 0 Å². The lowest BCUT2D eigenvalue weighted by Crippen LogP contribution is -2.20. The maximum atomic E-state index is 12.2. The number of hydrogen-bond donors (Lipinski definition) is 2. The summed E-state index contributed by atoms with van der Waals surface area (Å²) in [6.45, 7) is 2.55. The van der Waals surface area contributed by atoms with E-state index in [0.717, 1.165) is 31.4 Å². The number of nitrogens with one attached hydrogen (secondary N) is 2. The lowest BCUT2D eigenvalue weighted by atomic mass is 10.1. The van der Waals surface area contributed by atoms with Crippen molar-refractivity contribution in [3.8, 4) is 11.5 Å². The van der Waals surface area contributed by atoms with Crippen LogP contribution in [0, 0.1) is 6.92 Å². The van der Waals surface area contributed by atoms with Gasteiger partial charge in [0.15, 0.2) is 18.1 Å². The minimum absolute atomic E-state index is 0.125. The number of methoxy groups -OCH3 is 1. The lowest BCUT2D eigenvalue weighted by molar-refractivity contribution is -0.118. The van der Waals surface area contributed by atoms with E-state index in [-0.39, 0.29) is 12.5 Å². The highest BCUT2D eigenvalue weighted by atomic mass is 79.9. The van der Waals surface area contributed by atoms with Gasteiger partial charge in [0, 0.05) is 22.4 Å². The van der Waals surface area contributed by atoms with E-state index in [1.807, 2.05) is 54.6 Å². The number of carbonyl (C=O) groups is 1. The van der Waals surface area contributed by atoms with Crippen molar-refractivity contribution < 1.29 is 14.3 Å². The Balaban J connectivity index is 1.65. The summed E-state index contributed by atoms with van der Waals surface area (Å²) in [5.74, 6) is 0.803. The molecule has 0 aromatic heterocycles. The Bertz CT molecular complexity index is 1030. The number of aryl methyl sites for hydroxylation is 1. The van der Waals surface area contributed by atoms with Crippen molar-refractivity contribution in [2.75, 3.05) is 24.4 Å². The maximum absolute atomic E-state index is 12.2. The van der Waals surface area contributed by atoms with Crippen LogP contribution in [0.1, 0.15) is 11.1 Å². The molecule has 1 amide bonds. The summed E-state index contributed by atoms with van der Waals surface area (Å²) in [7, 11) is 1.58. The first-order chi connectivity index (χ1) is 14.5. The summed E-state index contributed by atoms with van der Waals surface area (Å²) >= 11 is 7.01. The molecule has 7 heteroatoms. The third-order valence-corrected chi connectivity index (χ3v) is 5.45. The van der Waals surface area contributed by atoms with Crippen molar-refractivity contribution in [3.63, 3.8) is 0 Å². The minimum Gasteiger partial charge on any atom is -0.493 e. The summed E-state index contributed by atoms with van der Waals surface area (Å²) in [6.07, 6.45) is 0. The second kappa shape index (κ2) is 10.5. The molecule has 0 radical (unpaired) electrons. The highest BCUT2D eigenvalue weighted by molar-refractivity contribution is 9.10. The Morgan fingerprint density at radius 1 is 1.03 bits per heavy atom. The molecule has 3 aromatic rings. The van der Waals surface area contributed by atoms with Crippen LogP contribution in [0.5, 0.6) is 11.5 Å². The van der Waals surface area contributed by atoms with E-state index in [1.165, 1.54) is 0 Å². The first-order valence-electron chi connectivity index (χ1n) is 9.30. The van der Waals surface area contributed by atoms with Gasteiger partial charge in [0.05, 0.1) is 11.6 Å². The van der Waals surface area contributed by atoms with E-state index < -0.39 is 0 Å². The Morgan fingerprint density at radius 3 is 2.50 bits per heavy atom. The van der Waals surface area contributed by atoms with Crippen LogP contribution >= 0.6 is 31.9 Å². The monoisotopic (exact) mass is 532 g/mol. The lowest BCUT2D eigenvalue weighted by Gasteiger charge is -2.15. The van der Waals surface area contributed by atoms with Crippen LogP contribution in [0.3, 0.4) is 0 Å². The molecular formula is C23H22Br2N2O3. The summed E-state index contributed by atoms with van der Waals surface area (Å²) in [6, 6.07) is 19.2. The molecule has 3 rings (SSSR count). The molecule has 0 aliphatic heterocycles. The van der Waals surface area contributed by atoms with Crippen LogP contribution in [0.4, 0.5) is 11.4 Å². The molecule has 0 atom stereocenters. The van der Waals surface area contributed by atoms with Gasteiger partial charge in [-0.1, -0.05) is 34.1 Å². The van der Waals surface area contributed by atoms with E-state index in [4.69, 9.17) is 9.47 Å². The molecule has 0 bridgehead atoms. The normalized spacial score (nSPS) is 10.4. The molecule has 0 unspecified atom stereocenters. The maximum Gasteiger partial charge on any atom is 0.262 e. The Morgan fingerprint density at radius 2 is 1.80 bits per heavy atom. The van der Waals surface area contributed by atoms with Crippen molar-refractivity contribution in [3.05, 3.63) is 80.7 Å². The van der Waals surface area contributed by atoms with Gasteiger partial charge in [0.25, 0.3) is 5.91 Å². The van der Waals surface area contributed by atoms with Crippen molar-refractivity contribution in [2.24, 2.45) is 0 Å². The van der Waals surface area contributed by atoms with E-state index in [9.17, 15) is 4.79 Å². The fourth-order valence-corrected chi connectivity index (χ4v) is 3.97. The first-order valence-corrected chi connectivity index (χ1v) is 10.9. The van der Waals surface area contributed by atoms with Crippen LogP contribution in [0.15, 0.2) is 69.6 Å². The number of anilines is 2. The van der Waals surface area contributed by atoms with Crippen LogP contribution in [-0.2, 0) is 11.3 Å². The molecule has 0 spiro atoms. The van der Waals surface area contributed by atoms with Crippen LogP contribution in [0.25, 0.3) is 0 Å². The molecule has 0 fully saturated rings.